The highest BCUT2D eigenvalue weighted by atomic mass is 16.6. The van der Waals surface area contributed by atoms with E-state index in [1.165, 1.54) is 6.08 Å². The van der Waals surface area contributed by atoms with E-state index in [-0.39, 0.29) is 16.8 Å². The third-order valence-corrected chi connectivity index (χ3v) is 14.4. The first-order valence-electron chi connectivity index (χ1n) is 24.6. The van der Waals surface area contributed by atoms with Gasteiger partial charge in [-0.2, -0.15) is 0 Å². The van der Waals surface area contributed by atoms with Crippen molar-refractivity contribution in [1.82, 2.24) is 0 Å². The summed E-state index contributed by atoms with van der Waals surface area (Å²) in [4.78, 5) is 27.7. The third-order valence-electron chi connectivity index (χ3n) is 14.4. The van der Waals surface area contributed by atoms with Crippen LogP contribution >= 0.6 is 0 Å². The van der Waals surface area contributed by atoms with Gasteiger partial charge in [-0.05, 0) is 143 Å². The predicted molar refractivity (Wildman–Crippen MR) is 290 cm³/mol. The second-order valence-electron chi connectivity index (χ2n) is 17.6. The Morgan fingerprint density at radius 1 is 0.456 bits per heavy atom. The van der Waals surface area contributed by atoms with E-state index in [9.17, 15) is 9.59 Å². The Balaban J connectivity index is 3.82. The van der Waals surface area contributed by atoms with Gasteiger partial charge in [0.2, 0.25) is 0 Å². The van der Waals surface area contributed by atoms with Crippen LogP contribution in [0.1, 0.15) is 139 Å². The number of hydrogen-bond donors (Lipinski definition) is 0. The molecule has 1 unspecified atom stereocenters. The van der Waals surface area contributed by atoms with Crippen LogP contribution in [0.25, 0.3) is 0 Å². The van der Waals surface area contributed by atoms with Crippen LogP contribution in [0.3, 0.4) is 0 Å². The van der Waals surface area contributed by atoms with E-state index >= 15 is 0 Å². The minimum absolute atomic E-state index is 0.279. The molecule has 68 heavy (non-hydrogen) atoms. The van der Waals surface area contributed by atoms with Crippen molar-refractivity contribution in [1.29, 1.82) is 0 Å². The van der Waals surface area contributed by atoms with Gasteiger partial charge in [-0.25, -0.2) is 0 Å². The standard InChI is InChI=1S/C62H86O6/c1-19-48(38-42-52(23-5)65-56(63)58(17,27-9)28-10)49(20-2)39-43-55(26-8)68-62(33-15,34-16)61(31-13,32-14)57(64)66-53(24-6)44-40-50(21-3)60(46-36-35-37-47-60)51(22-4)41-45-54(25-7)67-59(18,29-11)30-12/h19-27,38-45H,1-9,28-37,46-47H2,10-18H3/b48-38+,49-39+,50-40+,51-41+,52-42+,53-44+,54-45+,55-43+. The number of carbonyl (C=O) groups excluding carboxylic acids is 2. The SMILES string of the molecule is C=C\C(=C/C=C(C=C)/C(C=C)=C/C=C(\C=C)OC(CC)(CC)C(CC)(CC)C(=O)O/C(C=C)=C/C=C(\C=C)C1(/C(C=C)=C/C=C(\C=C)OC(C)(CC)CC)CCCCC1)OC(=O)C(C)(C=C)CC. The van der Waals surface area contributed by atoms with E-state index in [0.29, 0.717) is 60.5 Å². The fourth-order valence-electron chi connectivity index (χ4n) is 8.81. The number of allylic oxidation sites excluding steroid dienone is 20. The van der Waals surface area contributed by atoms with Crippen LogP contribution in [-0.2, 0) is 28.5 Å². The smallest absolute Gasteiger partial charge is 0.321 e. The van der Waals surface area contributed by atoms with Crippen LogP contribution in [0, 0.1) is 16.2 Å². The number of esters is 2. The highest BCUT2D eigenvalue weighted by Crippen LogP contribution is 2.50. The zero-order chi connectivity index (χ0) is 51.6. The largest absolute Gasteiger partial charge is 0.488 e. The fraction of sp³-hybridized carbons (Fsp3) is 0.419. The molecule has 0 radical (unpaired) electrons. The molecular formula is C62H86O6. The molecule has 1 aliphatic carbocycles. The van der Waals surface area contributed by atoms with Crippen molar-refractivity contribution in [3.8, 4) is 0 Å². The average molecular weight is 927 g/mol. The molecule has 0 aromatic rings. The zero-order valence-electron chi connectivity index (χ0n) is 43.6. The third kappa shape index (κ3) is 14.8. The number of ether oxygens (including phenoxy) is 4. The van der Waals surface area contributed by atoms with Crippen LogP contribution in [0.4, 0.5) is 0 Å². The summed E-state index contributed by atoms with van der Waals surface area (Å²) in [5, 5.41) is 0. The van der Waals surface area contributed by atoms with Crippen molar-refractivity contribution in [2.45, 2.75) is 151 Å². The minimum atomic E-state index is -1.06. The van der Waals surface area contributed by atoms with Crippen molar-refractivity contribution in [2.24, 2.45) is 16.2 Å². The summed E-state index contributed by atoms with van der Waals surface area (Å²) < 4.78 is 25.4. The molecule has 1 aliphatic rings. The molecule has 0 aliphatic heterocycles. The van der Waals surface area contributed by atoms with Crippen LogP contribution in [0.5, 0.6) is 0 Å². The molecule has 0 saturated heterocycles. The van der Waals surface area contributed by atoms with Gasteiger partial charge in [0.05, 0.1) is 5.41 Å². The molecule has 0 amide bonds. The summed E-state index contributed by atoms with van der Waals surface area (Å²) in [7, 11) is 0. The summed E-state index contributed by atoms with van der Waals surface area (Å²) in [6.45, 7) is 54.4. The Labute approximate surface area is 413 Å². The Bertz CT molecular complexity index is 2080. The van der Waals surface area contributed by atoms with Gasteiger partial charge in [-0.1, -0.05) is 175 Å². The van der Waals surface area contributed by atoms with Gasteiger partial charge < -0.3 is 18.9 Å². The first kappa shape index (κ1) is 60.1. The maximum absolute atomic E-state index is 14.8. The van der Waals surface area contributed by atoms with E-state index in [2.05, 4.69) is 86.1 Å². The van der Waals surface area contributed by atoms with Crippen molar-refractivity contribution in [3.63, 3.8) is 0 Å². The van der Waals surface area contributed by atoms with Crippen LogP contribution < -0.4 is 0 Å². The van der Waals surface area contributed by atoms with Gasteiger partial charge in [-0.3, -0.25) is 9.59 Å². The van der Waals surface area contributed by atoms with Crippen LogP contribution in [0.15, 0.2) is 208 Å². The Hall–Kier alpha value is -5.88. The molecule has 1 atom stereocenters. The molecule has 0 N–H and O–H groups in total. The lowest BCUT2D eigenvalue weighted by molar-refractivity contribution is -0.178. The topological polar surface area (TPSA) is 71.1 Å². The normalized spacial score (nSPS) is 16.8. The quantitative estimate of drug-likeness (QED) is 0.0290. The Kier molecular flexibility index (Phi) is 25.7. The summed E-state index contributed by atoms with van der Waals surface area (Å²) >= 11 is 0. The van der Waals surface area contributed by atoms with Gasteiger partial charge in [-0.15, -0.1) is 6.58 Å². The fourth-order valence-corrected chi connectivity index (χ4v) is 8.81. The van der Waals surface area contributed by atoms with E-state index in [0.717, 1.165) is 56.1 Å². The summed E-state index contributed by atoms with van der Waals surface area (Å²) in [5.41, 5.74) is -0.0410. The van der Waals surface area contributed by atoms with E-state index < -0.39 is 28.4 Å². The Morgan fingerprint density at radius 2 is 0.868 bits per heavy atom. The van der Waals surface area contributed by atoms with Crippen molar-refractivity contribution >= 4 is 11.9 Å². The first-order valence-corrected chi connectivity index (χ1v) is 24.6. The lowest BCUT2D eigenvalue weighted by Crippen LogP contribution is -2.54. The van der Waals surface area contributed by atoms with Gasteiger partial charge in [0.15, 0.2) is 0 Å². The zero-order valence-corrected chi connectivity index (χ0v) is 43.6. The maximum atomic E-state index is 14.8. The average Bonchev–Trinajstić information content (AvgIpc) is 3.37. The monoisotopic (exact) mass is 927 g/mol. The molecule has 0 aromatic carbocycles. The van der Waals surface area contributed by atoms with E-state index in [1.807, 2.05) is 71.1 Å². The molecule has 0 spiro atoms. The van der Waals surface area contributed by atoms with Gasteiger partial charge in [0.25, 0.3) is 0 Å². The van der Waals surface area contributed by atoms with Crippen molar-refractivity contribution in [3.05, 3.63) is 208 Å². The van der Waals surface area contributed by atoms with Gasteiger partial charge in [0, 0.05) is 5.41 Å². The second kappa shape index (κ2) is 29.1. The minimum Gasteiger partial charge on any atom is -0.488 e. The highest BCUT2D eigenvalue weighted by molar-refractivity contribution is 5.80. The number of hydrogen-bond acceptors (Lipinski definition) is 6. The number of rotatable bonds is 32. The highest BCUT2D eigenvalue weighted by Gasteiger charge is 2.56. The predicted octanol–water partition coefficient (Wildman–Crippen LogP) is 17.3. The van der Waals surface area contributed by atoms with E-state index in [4.69, 9.17) is 18.9 Å². The molecule has 1 saturated carbocycles. The molecule has 370 valence electrons. The van der Waals surface area contributed by atoms with Gasteiger partial charge >= 0.3 is 11.9 Å². The molecule has 6 heteroatoms. The summed E-state index contributed by atoms with van der Waals surface area (Å²) in [6, 6.07) is 0. The van der Waals surface area contributed by atoms with E-state index in [1.54, 1.807) is 61.6 Å². The summed E-state index contributed by atoms with van der Waals surface area (Å²) in [5.74, 6) is 0.945. The Morgan fingerprint density at radius 3 is 1.24 bits per heavy atom. The number of carbonyl (C=O) groups is 2. The summed E-state index contributed by atoms with van der Waals surface area (Å²) in [6.07, 6.45) is 39.5. The van der Waals surface area contributed by atoms with Crippen LogP contribution in [-0.4, -0.2) is 23.1 Å². The molecule has 1 rings (SSSR count). The molecule has 1 fully saturated rings. The van der Waals surface area contributed by atoms with Crippen molar-refractivity contribution < 1.29 is 28.5 Å². The molecule has 0 aromatic heterocycles. The lowest BCUT2D eigenvalue weighted by Gasteiger charge is -2.47. The first-order chi connectivity index (χ1) is 32.4. The molecule has 0 bridgehead atoms. The molecular weight excluding hydrogens is 841 g/mol. The maximum Gasteiger partial charge on any atom is 0.321 e. The lowest BCUT2D eigenvalue weighted by atomic mass is 9.64. The molecule has 0 heterocycles. The van der Waals surface area contributed by atoms with Gasteiger partial charge in [0.1, 0.15) is 39.7 Å². The second-order valence-corrected chi connectivity index (χ2v) is 17.6. The molecule has 6 nitrogen and oxygen atoms in total. The van der Waals surface area contributed by atoms with Crippen LogP contribution in [0.2, 0.25) is 0 Å². The van der Waals surface area contributed by atoms with Crippen molar-refractivity contribution in [2.75, 3.05) is 0 Å².